The molecule has 0 spiro atoms. The second-order valence-corrected chi connectivity index (χ2v) is 6.48. The van der Waals surface area contributed by atoms with Gasteiger partial charge in [0.2, 0.25) is 0 Å². The standard InChI is InChI=1S/C14H22BrNOS/c1-4-16-11(3)12-5-6-14(13(15)7-12)18-9-10(2)8-17/h5-7,10-11,16-17H,4,8-9H2,1-3H3. The molecule has 2 nitrogen and oxygen atoms in total. The van der Waals surface area contributed by atoms with Gasteiger partial charge in [-0.05, 0) is 53.0 Å². The van der Waals surface area contributed by atoms with Crippen molar-refractivity contribution in [3.63, 3.8) is 0 Å². The Kier molecular flexibility index (Phi) is 7.30. The normalized spacial score (nSPS) is 14.5. The summed E-state index contributed by atoms with van der Waals surface area (Å²) < 4.78 is 1.14. The van der Waals surface area contributed by atoms with Gasteiger partial charge in [0.15, 0.2) is 0 Å². The highest BCUT2D eigenvalue weighted by Gasteiger charge is 2.08. The van der Waals surface area contributed by atoms with E-state index in [0.29, 0.717) is 12.0 Å². The van der Waals surface area contributed by atoms with Gasteiger partial charge < -0.3 is 10.4 Å². The van der Waals surface area contributed by atoms with E-state index in [9.17, 15) is 0 Å². The van der Waals surface area contributed by atoms with Crippen molar-refractivity contribution in [2.75, 3.05) is 18.9 Å². The first kappa shape index (κ1) is 16.0. The zero-order valence-corrected chi connectivity index (χ0v) is 13.6. The molecule has 102 valence electrons. The SMILES string of the molecule is CCNC(C)c1ccc(SCC(C)CO)c(Br)c1. The highest BCUT2D eigenvalue weighted by atomic mass is 79.9. The molecule has 0 saturated carbocycles. The lowest BCUT2D eigenvalue weighted by atomic mass is 10.1. The molecular weight excluding hydrogens is 310 g/mol. The number of nitrogens with one attached hydrogen (secondary N) is 1. The van der Waals surface area contributed by atoms with Crippen LogP contribution in [-0.4, -0.2) is 24.0 Å². The van der Waals surface area contributed by atoms with E-state index >= 15 is 0 Å². The van der Waals surface area contributed by atoms with Gasteiger partial charge in [-0.1, -0.05) is 19.9 Å². The maximum atomic E-state index is 9.02. The van der Waals surface area contributed by atoms with Gasteiger partial charge in [0.1, 0.15) is 0 Å². The third-order valence-corrected chi connectivity index (χ3v) is 5.12. The van der Waals surface area contributed by atoms with E-state index in [0.717, 1.165) is 16.8 Å². The number of hydrogen-bond acceptors (Lipinski definition) is 3. The van der Waals surface area contributed by atoms with Crippen LogP contribution in [0.4, 0.5) is 0 Å². The van der Waals surface area contributed by atoms with Gasteiger partial charge in [0, 0.05) is 27.8 Å². The van der Waals surface area contributed by atoms with E-state index < -0.39 is 0 Å². The molecule has 1 rings (SSSR count). The highest BCUT2D eigenvalue weighted by Crippen LogP contribution is 2.31. The molecule has 1 aromatic carbocycles. The summed E-state index contributed by atoms with van der Waals surface area (Å²) in [4.78, 5) is 1.24. The molecule has 0 amide bonds. The number of aliphatic hydroxyl groups is 1. The molecule has 0 aliphatic rings. The van der Waals surface area contributed by atoms with E-state index in [-0.39, 0.29) is 6.61 Å². The Labute approximate surface area is 123 Å². The summed E-state index contributed by atoms with van der Waals surface area (Å²) in [5.74, 6) is 1.28. The number of halogens is 1. The minimum Gasteiger partial charge on any atom is -0.396 e. The van der Waals surface area contributed by atoms with E-state index in [1.165, 1.54) is 10.5 Å². The fourth-order valence-corrected chi connectivity index (χ4v) is 3.28. The summed E-state index contributed by atoms with van der Waals surface area (Å²) >= 11 is 5.41. The summed E-state index contributed by atoms with van der Waals surface area (Å²) in [7, 11) is 0. The molecule has 2 unspecified atom stereocenters. The first-order valence-electron chi connectivity index (χ1n) is 6.35. The van der Waals surface area contributed by atoms with Crippen LogP contribution in [0.1, 0.15) is 32.4 Å². The monoisotopic (exact) mass is 331 g/mol. The number of hydrogen-bond donors (Lipinski definition) is 2. The van der Waals surface area contributed by atoms with E-state index in [1.807, 2.05) is 0 Å². The maximum absolute atomic E-state index is 9.02. The highest BCUT2D eigenvalue weighted by molar-refractivity contribution is 9.10. The molecule has 0 aliphatic heterocycles. The van der Waals surface area contributed by atoms with Crippen molar-refractivity contribution in [1.82, 2.24) is 5.32 Å². The van der Waals surface area contributed by atoms with Crippen molar-refractivity contribution in [3.8, 4) is 0 Å². The molecule has 0 saturated heterocycles. The molecule has 0 aromatic heterocycles. The molecule has 1 aromatic rings. The average molecular weight is 332 g/mol. The van der Waals surface area contributed by atoms with Gasteiger partial charge in [-0.3, -0.25) is 0 Å². The van der Waals surface area contributed by atoms with Gasteiger partial charge in [-0.15, -0.1) is 11.8 Å². The summed E-state index contributed by atoms with van der Waals surface area (Å²) in [5.41, 5.74) is 1.29. The van der Waals surface area contributed by atoms with Crippen LogP contribution in [0, 0.1) is 5.92 Å². The lowest BCUT2D eigenvalue weighted by Crippen LogP contribution is -2.17. The van der Waals surface area contributed by atoms with E-state index in [2.05, 4.69) is 60.2 Å². The first-order chi connectivity index (χ1) is 8.58. The van der Waals surface area contributed by atoms with Gasteiger partial charge >= 0.3 is 0 Å². The molecule has 0 fully saturated rings. The molecule has 0 aliphatic carbocycles. The van der Waals surface area contributed by atoms with Crippen molar-refractivity contribution >= 4 is 27.7 Å². The Bertz CT molecular complexity index is 373. The van der Waals surface area contributed by atoms with Crippen molar-refractivity contribution in [2.24, 2.45) is 5.92 Å². The largest absolute Gasteiger partial charge is 0.396 e. The van der Waals surface area contributed by atoms with Crippen LogP contribution in [0.15, 0.2) is 27.6 Å². The van der Waals surface area contributed by atoms with Crippen molar-refractivity contribution in [1.29, 1.82) is 0 Å². The molecule has 2 N–H and O–H groups in total. The second kappa shape index (κ2) is 8.20. The van der Waals surface area contributed by atoms with E-state index in [4.69, 9.17) is 5.11 Å². The van der Waals surface area contributed by atoms with Crippen molar-refractivity contribution < 1.29 is 5.11 Å². The first-order valence-corrected chi connectivity index (χ1v) is 8.12. The Morgan fingerprint density at radius 1 is 1.39 bits per heavy atom. The third kappa shape index (κ3) is 4.92. The summed E-state index contributed by atoms with van der Waals surface area (Å²) in [5, 5.41) is 12.4. The molecule has 0 bridgehead atoms. The van der Waals surface area contributed by atoms with E-state index in [1.54, 1.807) is 11.8 Å². The Hall–Kier alpha value is -0.0300. The van der Waals surface area contributed by atoms with Crippen molar-refractivity contribution in [2.45, 2.75) is 31.7 Å². The van der Waals surface area contributed by atoms with Crippen molar-refractivity contribution in [3.05, 3.63) is 28.2 Å². The Morgan fingerprint density at radius 2 is 2.11 bits per heavy atom. The minimum absolute atomic E-state index is 0.250. The van der Waals surface area contributed by atoms with Gasteiger partial charge in [0.25, 0.3) is 0 Å². The fraction of sp³-hybridized carbons (Fsp3) is 0.571. The van der Waals surface area contributed by atoms with Crippen LogP contribution in [-0.2, 0) is 0 Å². The summed E-state index contributed by atoms with van der Waals surface area (Å²) in [6.45, 7) is 7.57. The molecule has 0 radical (unpaired) electrons. The van der Waals surface area contributed by atoms with Crippen LogP contribution in [0.3, 0.4) is 0 Å². The lowest BCUT2D eigenvalue weighted by molar-refractivity contribution is 0.250. The summed E-state index contributed by atoms with van der Waals surface area (Å²) in [6, 6.07) is 6.88. The smallest absolute Gasteiger partial charge is 0.0464 e. The molecular formula is C14H22BrNOS. The van der Waals surface area contributed by atoms with Crippen LogP contribution in [0.2, 0.25) is 0 Å². The van der Waals surface area contributed by atoms with Gasteiger partial charge in [0.05, 0.1) is 0 Å². The van der Waals surface area contributed by atoms with Gasteiger partial charge in [-0.25, -0.2) is 0 Å². The zero-order chi connectivity index (χ0) is 13.5. The van der Waals surface area contributed by atoms with Gasteiger partial charge in [-0.2, -0.15) is 0 Å². The molecule has 0 heterocycles. The van der Waals surface area contributed by atoms with Crippen LogP contribution < -0.4 is 5.32 Å². The molecule has 18 heavy (non-hydrogen) atoms. The average Bonchev–Trinajstić information content (AvgIpc) is 2.37. The van der Waals surface area contributed by atoms with Crippen LogP contribution >= 0.6 is 27.7 Å². The predicted molar refractivity (Wildman–Crippen MR) is 83.2 cm³/mol. The van der Waals surface area contributed by atoms with Crippen LogP contribution in [0.5, 0.6) is 0 Å². The third-order valence-electron chi connectivity index (χ3n) is 2.80. The lowest BCUT2D eigenvalue weighted by Gasteiger charge is -2.15. The Balaban J connectivity index is 2.67. The second-order valence-electron chi connectivity index (χ2n) is 4.57. The summed E-state index contributed by atoms with van der Waals surface area (Å²) in [6.07, 6.45) is 0. The molecule has 2 atom stereocenters. The quantitative estimate of drug-likeness (QED) is 0.744. The topological polar surface area (TPSA) is 32.3 Å². The minimum atomic E-state index is 0.250. The number of rotatable bonds is 7. The maximum Gasteiger partial charge on any atom is 0.0464 e. The number of thioether (sulfide) groups is 1. The molecule has 4 heteroatoms. The number of benzene rings is 1. The predicted octanol–water partition coefficient (Wildman–Crippen LogP) is 3.84. The zero-order valence-electron chi connectivity index (χ0n) is 11.2. The number of aliphatic hydroxyl groups excluding tert-OH is 1. The fourth-order valence-electron chi connectivity index (χ4n) is 1.61. The Morgan fingerprint density at radius 3 is 2.67 bits per heavy atom. The van der Waals surface area contributed by atoms with Crippen LogP contribution in [0.25, 0.3) is 0 Å².